The Bertz CT molecular complexity index is 617. The summed E-state index contributed by atoms with van der Waals surface area (Å²) in [5, 5.41) is 7.40. The number of hydrogen-bond acceptors (Lipinski definition) is 4. The van der Waals surface area contributed by atoms with Gasteiger partial charge in [0.25, 0.3) is 0 Å². The number of nitrogens with zero attached hydrogens (tertiary/aromatic N) is 4. The van der Waals surface area contributed by atoms with Crippen molar-refractivity contribution in [1.82, 2.24) is 20.1 Å². The molecule has 0 atom stereocenters. The van der Waals surface area contributed by atoms with E-state index < -0.39 is 0 Å². The van der Waals surface area contributed by atoms with Crippen molar-refractivity contribution in [3.8, 4) is 11.3 Å². The second-order valence-electron chi connectivity index (χ2n) is 7.20. The van der Waals surface area contributed by atoms with E-state index in [9.17, 15) is 0 Å². The van der Waals surface area contributed by atoms with E-state index in [1.54, 1.807) is 0 Å². The van der Waals surface area contributed by atoms with Crippen LogP contribution >= 0.6 is 0 Å². The molecule has 0 aliphatic carbocycles. The molecule has 5 nitrogen and oxygen atoms in total. The Balaban J connectivity index is 2.11. The summed E-state index contributed by atoms with van der Waals surface area (Å²) in [5.41, 5.74) is 3.40. The van der Waals surface area contributed by atoms with Gasteiger partial charge in [-0.05, 0) is 45.0 Å². The lowest BCUT2D eigenvalue weighted by Crippen LogP contribution is -2.27. The molecule has 5 heteroatoms. The first-order chi connectivity index (χ1) is 12.0. The summed E-state index contributed by atoms with van der Waals surface area (Å²) in [4.78, 5) is 9.36. The smallest absolute Gasteiger partial charge is 0.128 e. The van der Waals surface area contributed by atoms with Crippen LogP contribution in [0, 0.1) is 5.92 Å². The molecule has 0 saturated heterocycles. The minimum absolute atomic E-state index is 0.624. The van der Waals surface area contributed by atoms with E-state index in [0.29, 0.717) is 5.92 Å². The maximum absolute atomic E-state index is 4.69. The predicted octanol–water partition coefficient (Wildman–Crippen LogP) is 4.19. The van der Waals surface area contributed by atoms with Gasteiger partial charge in [0.2, 0.25) is 0 Å². The van der Waals surface area contributed by atoms with Crippen LogP contribution in [0.5, 0.6) is 0 Å². The lowest BCUT2D eigenvalue weighted by atomic mass is 10.1. The zero-order valence-corrected chi connectivity index (χ0v) is 16.4. The molecular formula is C20H33N5. The average molecular weight is 344 g/mol. The fraction of sp³-hybridized carbons (Fsp3) is 0.600. The topological polar surface area (TPSA) is 48.1 Å². The molecule has 0 aromatic carbocycles. The quantitative estimate of drug-likeness (QED) is 0.703. The number of nitrogens with one attached hydrogen (secondary N) is 1. The molecule has 0 bridgehead atoms. The summed E-state index contributed by atoms with van der Waals surface area (Å²) >= 11 is 0. The predicted molar refractivity (Wildman–Crippen MR) is 106 cm³/mol. The third kappa shape index (κ3) is 5.56. The van der Waals surface area contributed by atoms with Gasteiger partial charge in [-0.15, -0.1) is 0 Å². The standard InChI is InChI=1S/C20H33N5/c1-6-8-11-24(5)15-18-13-22-23-20(18)17-9-10-19(21-12-17)25(7-2)14-16(3)4/h9-10,12-13,16H,6-8,11,14-15H2,1-5H3,(H,22,23). The Labute approximate surface area is 152 Å². The number of hydrogen-bond donors (Lipinski definition) is 1. The van der Waals surface area contributed by atoms with E-state index in [0.717, 1.165) is 43.3 Å². The summed E-state index contributed by atoms with van der Waals surface area (Å²) in [5.74, 6) is 1.67. The van der Waals surface area contributed by atoms with E-state index in [-0.39, 0.29) is 0 Å². The summed E-state index contributed by atoms with van der Waals surface area (Å²) in [6.07, 6.45) is 6.34. The Morgan fingerprint density at radius 1 is 1.16 bits per heavy atom. The molecule has 2 heterocycles. The molecule has 0 amide bonds. The Kier molecular flexibility index (Phi) is 7.44. The first-order valence-corrected chi connectivity index (χ1v) is 9.47. The van der Waals surface area contributed by atoms with Gasteiger partial charge in [0.1, 0.15) is 5.82 Å². The fourth-order valence-electron chi connectivity index (χ4n) is 3.03. The molecule has 0 aliphatic heterocycles. The van der Waals surface area contributed by atoms with Gasteiger partial charge in [0, 0.05) is 37.0 Å². The Morgan fingerprint density at radius 3 is 2.56 bits per heavy atom. The maximum Gasteiger partial charge on any atom is 0.128 e. The fourth-order valence-corrected chi connectivity index (χ4v) is 3.03. The molecular weight excluding hydrogens is 310 g/mol. The third-order valence-corrected chi connectivity index (χ3v) is 4.38. The maximum atomic E-state index is 4.69. The number of rotatable bonds is 10. The Hall–Kier alpha value is -1.88. The van der Waals surface area contributed by atoms with Gasteiger partial charge in [-0.2, -0.15) is 5.10 Å². The van der Waals surface area contributed by atoms with Crippen LogP contribution in [0.3, 0.4) is 0 Å². The highest BCUT2D eigenvalue weighted by Gasteiger charge is 2.12. The van der Waals surface area contributed by atoms with Gasteiger partial charge in [0.05, 0.1) is 11.9 Å². The van der Waals surface area contributed by atoms with Gasteiger partial charge >= 0.3 is 0 Å². The molecule has 0 saturated carbocycles. The van der Waals surface area contributed by atoms with Crippen LogP contribution in [0.4, 0.5) is 5.82 Å². The van der Waals surface area contributed by atoms with Crippen molar-refractivity contribution in [3.63, 3.8) is 0 Å². The van der Waals surface area contributed by atoms with E-state index in [2.05, 4.69) is 66.9 Å². The minimum atomic E-state index is 0.624. The third-order valence-electron chi connectivity index (χ3n) is 4.38. The molecule has 0 fully saturated rings. The highest BCUT2D eigenvalue weighted by atomic mass is 15.2. The zero-order valence-electron chi connectivity index (χ0n) is 16.4. The van der Waals surface area contributed by atoms with Crippen LogP contribution in [0.1, 0.15) is 46.1 Å². The molecule has 138 valence electrons. The van der Waals surface area contributed by atoms with Crippen LogP contribution in [-0.4, -0.2) is 46.8 Å². The highest BCUT2D eigenvalue weighted by Crippen LogP contribution is 2.23. The monoisotopic (exact) mass is 343 g/mol. The van der Waals surface area contributed by atoms with Gasteiger partial charge < -0.3 is 9.80 Å². The van der Waals surface area contributed by atoms with Crippen LogP contribution in [0.25, 0.3) is 11.3 Å². The number of pyridine rings is 1. The average Bonchev–Trinajstić information content (AvgIpc) is 3.06. The van der Waals surface area contributed by atoms with Gasteiger partial charge in [-0.3, -0.25) is 5.10 Å². The summed E-state index contributed by atoms with van der Waals surface area (Å²) in [6, 6.07) is 4.26. The zero-order chi connectivity index (χ0) is 18.2. The van der Waals surface area contributed by atoms with E-state index in [4.69, 9.17) is 4.98 Å². The van der Waals surface area contributed by atoms with Crippen LogP contribution in [-0.2, 0) is 6.54 Å². The second kappa shape index (κ2) is 9.56. The summed E-state index contributed by atoms with van der Waals surface area (Å²) < 4.78 is 0. The largest absolute Gasteiger partial charge is 0.357 e. The van der Waals surface area contributed by atoms with E-state index in [1.807, 2.05) is 12.4 Å². The summed E-state index contributed by atoms with van der Waals surface area (Å²) in [7, 11) is 2.17. The first-order valence-electron chi connectivity index (χ1n) is 9.47. The highest BCUT2D eigenvalue weighted by molar-refractivity contribution is 5.63. The van der Waals surface area contributed by atoms with Crippen molar-refractivity contribution in [2.75, 3.05) is 31.6 Å². The lowest BCUT2D eigenvalue weighted by Gasteiger charge is -2.24. The first kappa shape index (κ1) is 19.4. The second-order valence-corrected chi connectivity index (χ2v) is 7.20. The van der Waals surface area contributed by atoms with Crippen molar-refractivity contribution in [2.45, 2.75) is 47.1 Å². The number of anilines is 1. The molecule has 0 radical (unpaired) electrons. The molecule has 0 spiro atoms. The molecule has 0 unspecified atom stereocenters. The molecule has 0 aliphatic rings. The summed E-state index contributed by atoms with van der Waals surface area (Å²) in [6.45, 7) is 12.9. The molecule has 2 aromatic rings. The molecule has 2 aromatic heterocycles. The number of unbranched alkanes of at least 4 members (excludes halogenated alkanes) is 1. The van der Waals surface area contributed by atoms with Crippen molar-refractivity contribution < 1.29 is 0 Å². The van der Waals surface area contributed by atoms with Crippen molar-refractivity contribution in [2.24, 2.45) is 5.92 Å². The number of H-pyrrole nitrogens is 1. The van der Waals surface area contributed by atoms with Gasteiger partial charge in [-0.25, -0.2) is 4.98 Å². The van der Waals surface area contributed by atoms with Crippen LogP contribution in [0.15, 0.2) is 24.5 Å². The van der Waals surface area contributed by atoms with Crippen molar-refractivity contribution >= 4 is 5.82 Å². The van der Waals surface area contributed by atoms with Crippen molar-refractivity contribution in [3.05, 3.63) is 30.1 Å². The Morgan fingerprint density at radius 2 is 1.96 bits per heavy atom. The number of aromatic nitrogens is 3. The minimum Gasteiger partial charge on any atom is -0.357 e. The molecule has 25 heavy (non-hydrogen) atoms. The lowest BCUT2D eigenvalue weighted by molar-refractivity contribution is 0.321. The molecule has 1 N–H and O–H groups in total. The number of aromatic amines is 1. The van der Waals surface area contributed by atoms with Gasteiger partial charge in [0.15, 0.2) is 0 Å². The van der Waals surface area contributed by atoms with Gasteiger partial charge in [-0.1, -0.05) is 27.2 Å². The van der Waals surface area contributed by atoms with E-state index in [1.165, 1.54) is 18.4 Å². The SMILES string of the molecule is CCCCN(C)Cc1cn[nH]c1-c1ccc(N(CC)CC(C)C)nc1. The van der Waals surface area contributed by atoms with Crippen LogP contribution in [0.2, 0.25) is 0 Å². The van der Waals surface area contributed by atoms with Crippen molar-refractivity contribution in [1.29, 1.82) is 0 Å². The molecule has 2 rings (SSSR count). The normalized spacial score (nSPS) is 11.5. The van der Waals surface area contributed by atoms with E-state index >= 15 is 0 Å². The van der Waals surface area contributed by atoms with Crippen LogP contribution < -0.4 is 4.90 Å².